The quantitative estimate of drug-likeness (QED) is 0.623. The van der Waals surface area contributed by atoms with Gasteiger partial charge in [-0.3, -0.25) is 4.79 Å². The highest BCUT2D eigenvalue weighted by atomic mass is 16.1. The fourth-order valence-corrected chi connectivity index (χ4v) is 1.35. The number of carbonyl (C=O) groups is 1. The van der Waals surface area contributed by atoms with Gasteiger partial charge in [0.1, 0.15) is 5.65 Å². The van der Waals surface area contributed by atoms with Crippen LogP contribution in [0.3, 0.4) is 0 Å². The Balaban J connectivity index is 2.52. The number of hydrogen-bond donors (Lipinski definition) is 3. The average Bonchev–Trinajstić information content (AvgIpc) is 2.57. The Kier molecular flexibility index (Phi) is 2.13. The second kappa shape index (κ2) is 3.45. The van der Waals surface area contributed by atoms with Crippen LogP contribution in [-0.2, 0) is 4.79 Å². The van der Waals surface area contributed by atoms with Crippen molar-refractivity contribution >= 4 is 28.7 Å². The van der Waals surface area contributed by atoms with Gasteiger partial charge in [-0.2, -0.15) is 0 Å². The van der Waals surface area contributed by atoms with E-state index in [1.54, 1.807) is 24.5 Å². The number of nitrogens with zero attached hydrogens (tertiary/aromatic N) is 1. The van der Waals surface area contributed by atoms with Gasteiger partial charge in [-0.15, -0.1) is 0 Å². The molecule has 2 heterocycles. The summed E-state index contributed by atoms with van der Waals surface area (Å²) in [4.78, 5) is 17.6. The van der Waals surface area contributed by atoms with Gasteiger partial charge in [0.2, 0.25) is 5.91 Å². The van der Waals surface area contributed by atoms with E-state index in [2.05, 4.69) is 9.97 Å². The van der Waals surface area contributed by atoms with Gasteiger partial charge in [0.15, 0.2) is 0 Å². The van der Waals surface area contributed by atoms with Gasteiger partial charge in [0.05, 0.1) is 11.9 Å². The number of nitrogens with two attached hydrogens (primary N) is 2. The minimum Gasteiger partial charge on any atom is -0.397 e. The van der Waals surface area contributed by atoms with E-state index in [0.717, 1.165) is 16.6 Å². The lowest BCUT2D eigenvalue weighted by atomic mass is 10.2. The van der Waals surface area contributed by atoms with Crippen molar-refractivity contribution in [3.63, 3.8) is 0 Å². The van der Waals surface area contributed by atoms with Crippen LogP contribution in [0.2, 0.25) is 0 Å². The summed E-state index contributed by atoms with van der Waals surface area (Å²) in [5.41, 5.74) is 12.8. The molecule has 0 fully saturated rings. The first-order chi connectivity index (χ1) is 7.16. The third-order valence-electron chi connectivity index (χ3n) is 2.01. The number of aromatic nitrogens is 2. The van der Waals surface area contributed by atoms with E-state index in [4.69, 9.17) is 11.5 Å². The van der Waals surface area contributed by atoms with Crippen molar-refractivity contribution in [3.05, 3.63) is 30.1 Å². The predicted molar refractivity (Wildman–Crippen MR) is 58.7 cm³/mol. The number of aromatic amines is 1. The standard InChI is InChI=1S/C10H10N4O/c11-7-3-8-6(1-2-9(12)15)4-13-10(8)14-5-7/h1-5H,11H2,(H2,12,15)(H,13,14)/b2-1+. The molecule has 0 aliphatic carbocycles. The molecular formula is C10H10N4O. The molecule has 1 amide bonds. The zero-order chi connectivity index (χ0) is 10.8. The molecule has 0 spiro atoms. The maximum Gasteiger partial charge on any atom is 0.241 e. The normalized spacial score (nSPS) is 11.2. The Bertz CT molecular complexity index is 541. The number of nitrogens with one attached hydrogen (secondary N) is 1. The first-order valence-corrected chi connectivity index (χ1v) is 4.37. The fraction of sp³-hybridized carbons (Fsp3) is 0. The number of H-pyrrole nitrogens is 1. The SMILES string of the molecule is NC(=O)/C=C/c1c[nH]c2ncc(N)cc12. The highest BCUT2D eigenvalue weighted by Gasteiger charge is 2.02. The zero-order valence-corrected chi connectivity index (χ0v) is 7.90. The second-order valence-electron chi connectivity index (χ2n) is 3.14. The number of rotatable bonds is 2. The number of fused-ring (bicyclic) bond motifs is 1. The first-order valence-electron chi connectivity index (χ1n) is 4.37. The number of anilines is 1. The van der Waals surface area contributed by atoms with Crippen LogP contribution in [0.4, 0.5) is 5.69 Å². The Morgan fingerprint density at radius 3 is 3.07 bits per heavy atom. The van der Waals surface area contributed by atoms with Crippen molar-refractivity contribution in [2.75, 3.05) is 5.73 Å². The van der Waals surface area contributed by atoms with E-state index in [1.165, 1.54) is 6.08 Å². The maximum absolute atomic E-state index is 10.6. The van der Waals surface area contributed by atoms with Crippen LogP contribution in [0.25, 0.3) is 17.1 Å². The van der Waals surface area contributed by atoms with Gasteiger partial charge in [-0.1, -0.05) is 0 Å². The van der Waals surface area contributed by atoms with Crippen LogP contribution in [0.15, 0.2) is 24.5 Å². The maximum atomic E-state index is 10.6. The van der Waals surface area contributed by atoms with Crippen molar-refractivity contribution in [1.29, 1.82) is 0 Å². The van der Waals surface area contributed by atoms with Crippen LogP contribution in [-0.4, -0.2) is 15.9 Å². The third kappa shape index (κ3) is 1.80. The topological polar surface area (TPSA) is 97.8 Å². The number of amides is 1. The first kappa shape index (κ1) is 9.26. The van der Waals surface area contributed by atoms with Crippen LogP contribution in [0, 0.1) is 0 Å². The molecule has 5 nitrogen and oxygen atoms in total. The molecule has 76 valence electrons. The van der Waals surface area contributed by atoms with Crippen molar-refractivity contribution in [3.8, 4) is 0 Å². The summed E-state index contributed by atoms with van der Waals surface area (Å²) in [5.74, 6) is -0.485. The third-order valence-corrected chi connectivity index (χ3v) is 2.01. The molecule has 0 bridgehead atoms. The lowest BCUT2D eigenvalue weighted by Gasteiger charge is -1.93. The second-order valence-corrected chi connectivity index (χ2v) is 3.14. The molecule has 0 atom stereocenters. The molecule has 0 saturated carbocycles. The monoisotopic (exact) mass is 202 g/mol. The van der Waals surface area contributed by atoms with Gasteiger partial charge in [0, 0.05) is 23.2 Å². The van der Waals surface area contributed by atoms with E-state index in [-0.39, 0.29) is 0 Å². The van der Waals surface area contributed by atoms with Crippen LogP contribution in [0.1, 0.15) is 5.56 Å². The number of carbonyl (C=O) groups excluding carboxylic acids is 1. The number of primary amides is 1. The summed E-state index contributed by atoms with van der Waals surface area (Å²) in [5, 5.41) is 0.868. The van der Waals surface area contributed by atoms with Crippen molar-refractivity contribution < 1.29 is 4.79 Å². The van der Waals surface area contributed by atoms with Gasteiger partial charge < -0.3 is 16.5 Å². The molecule has 5 heteroatoms. The summed E-state index contributed by atoms with van der Waals surface area (Å²) in [6.07, 6.45) is 6.24. The number of nitrogen functional groups attached to an aromatic ring is 1. The molecule has 2 aromatic heterocycles. The summed E-state index contributed by atoms with van der Waals surface area (Å²) >= 11 is 0. The zero-order valence-electron chi connectivity index (χ0n) is 7.90. The van der Waals surface area contributed by atoms with E-state index in [9.17, 15) is 4.79 Å². The van der Waals surface area contributed by atoms with E-state index in [0.29, 0.717) is 5.69 Å². The lowest BCUT2D eigenvalue weighted by molar-refractivity contribution is -0.113. The van der Waals surface area contributed by atoms with Gasteiger partial charge in [-0.05, 0) is 12.1 Å². The fourth-order valence-electron chi connectivity index (χ4n) is 1.35. The Hall–Kier alpha value is -2.30. The molecule has 2 rings (SSSR count). The minimum absolute atomic E-state index is 0.485. The van der Waals surface area contributed by atoms with E-state index in [1.807, 2.05) is 0 Å². The summed E-state index contributed by atoms with van der Waals surface area (Å²) < 4.78 is 0. The summed E-state index contributed by atoms with van der Waals surface area (Å²) in [6, 6.07) is 1.79. The average molecular weight is 202 g/mol. The van der Waals surface area contributed by atoms with Crippen molar-refractivity contribution in [2.45, 2.75) is 0 Å². The van der Waals surface area contributed by atoms with E-state index >= 15 is 0 Å². The Morgan fingerprint density at radius 1 is 1.53 bits per heavy atom. The van der Waals surface area contributed by atoms with E-state index < -0.39 is 5.91 Å². The van der Waals surface area contributed by atoms with Crippen LogP contribution in [0.5, 0.6) is 0 Å². The Labute approximate surface area is 85.8 Å². The Morgan fingerprint density at radius 2 is 2.33 bits per heavy atom. The minimum atomic E-state index is -0.485. The molecule has 0 aliphatic heterocycles. The molecule has 0 radical (unpaired) electrons. The highest BCUT2D eigenvalue weighted by Crippen LogP contribution is 2.19. The molecule has 0 unspecified atom stereocenters. The predicted octanol–water partition coefficient (Wildman–Crippen LogP) is 0.644. The van der Waals surface area contributed by atoms with Crippen LogP contribution >= 0.6 is 0 Å². The molecule has 0 saturated heterocycles. The highest BCUT2D eigenvalue weighted by molar-refractivity contribution is 5.95. The van der Waals surface area contributed by atoms with Gasteiger partial charge in [-0.25, -0.2) is 4.98 Å². The number of pyridine rings is 1. The molecule has 0 aromatic carbocycles. The van der Waals surface area contributed by atoms with Gasteiger partial charge >= 0.3 is 0 Å². The smallest absolute Gasteiger partial charge is 0.241 e. The molecule has 0 aliphatic rings. The summed E-state index contributed by atoms with van der Waals surface area (Å²) in [6.45, 7) is 0. The van der Waals surface area contributed by atoms with Crippen LogP contribution < -0.4 is 11.5 Å². The summed E-state index contributed by atoms with van der Waals surface area (Å²) in [7, 11) is 0. The molecular weight excluding hydrogens is 192 g/mol. The lowest BCUT2D eigenvalue weighted by Crippen LogP contribution is -2.04. The largest absolute Gasteiger partial charge is 0.397 e. The van der Waals surface area contributed by atoms with Crippen molar-refractivity contribution in [2.24, 2.45) is 5.73 Å². The molecule has 15 heavy (non-hydrogen) atoms. The number of hydrogen-bond acceptors (Lipinski definition) is 3. The molecule has 5 N–H and O–H groups in total. The molecule has 2 aromatic rings. The van der Waals surface area contributed by atoms with Gasteiger partial charge in [0.25, 0.3) is 0 Å². The van der Waals surface area contributed by atoms with Crippen molar-refractivity contribution in [1.82, 2.24) is 9.97 Å².